The lowest BCUT2D eigenvalue weighted by Crippen LogP contribution is -2.73. The van der Waals surface area contributed by atoms with Crippen LogP contribution in [0.15, 0.2) is 21.9 Å². The van der Waals surface area contributed by atoms with Crippen molar-refractivity contribution in [3.63, 3.8) is 0 Å². The minimum atomic E-state index is -1.20. The number of terminal acetylenes is 1. The van der Waals surface area contributed by atoms with Gasteiger partial charge in [0.05, 0.1) is 30.3 Å². The molecule has 39 heavy (non-hydrogen) atoms. The number of rotatable bonds is 8. The molecule has 1 unspecified atom stereocenters. The molecule has 4 fully saturated rings. The predicted octanol–water partition coefficient (Wildman–Crippen LogP) is -0.350. The fourth-order valence-corrected chi connectivity index (χ4v) is 8.16. The summed E-state index contributed by atoms with van der Waals surface area (Å²) in [4.78, 5) is 61.5. The molecule has 6 rings (SSSR count). The quantitative estimate of drug-likeness (QED) is 0.0803. The lowest BCUT2D eigenvalue weighted by molar-refractivity contribution is -0.911. The molecule has 2 bridgehead atoms. The zero-order valence-electron chi connectivity index (χ0n) is 21.1. The molecule has 1 aromatic rings. The minimum absolute atomic E-state index is 0.0475. The number of oxime groups is 1. The van der Waals surface area contributed by atoms with Gasteiger partial charge in [0.15, 0.2) is 28.8 Å². The number of nitrogens with one attached hydrogen (secondary N) is 1. The number of quaternary nitrogens is 1. The van der Waals surface area contributed by atoms with E-state index in [9.17, 15) is 24.3 Å². The van der Waals surface area contributed by atoms with Gasteiger partial charge in [-0.25, -0.2) is 9.78 Å². The number of primary amides is 1. The van der Waals surface area contributed by atoms with Crippen LogP contribution in [0.1, 0.15) is 31.9 Å². The number of carboxylic acid groups (broad SMARTS) is 1. The Balaban J connectivity index is 1.40. The number of carboxylic acids is 1. The van der Waals surface area contributed by atoms with Crippen molar-refractivity contribution in [2.45, 2.75) is 42.9 Å². The maximum Gasteiger partial charge on any atom is 0.358 e. The summed E-state index contributed by atoms with van der Waals surface area (Å²) in [6.45, 7) is 3.49. The van der Waals surface area contributed by atoms with Gasteiger partial charge in [-0.05, 0) is 6.92 Å². The Hall–Kier alpha value is -3.61. The van der Waals surface area contributed by atoms with Crippen LogP contribution in [0.2, 0.25) is 0 Å². The Morgan fingerprint density at radius 2 is 2.03 bits per heavy atom. The van der Waals surface area contributed by atoms with E-state index in [1.165, 1.54) is 22.0 Å². The standard InChI is InChI=1S/C24H27N7O6S2/c1-3-10-37-29-14(13-11-38-23(26)27-13)18(32)28-15-19(33)30-16(21(34)35)17(12(2)39-20(15)30)31-7-4-24(5-8-31,6-9-31)22(25)36/h1,11-12,15,20H,4-10H2,2H3,(H5-,25,26,27,28,32,34,35,36)/p+1/b29-14-/t12?,15-,20-,24?,31?/m1/s1. The molecule has 5 aliphatic heterocycles. The number of piperidine rings is 3. The number of nitrogen functional groups attached to an aromatic ring is 1. The van der Waals surface area contributed by atoms with Gasteiger partial charge < -0.3 is 26.7 Å². The molecule has 0 aliphatic carbocycles. The maximum absolute atomic E-state index is 13.3. The highest BCUT2D eigenvalue weighted by Gasteiger charge is 2.62. The highest BCUT2D eigenvalue weighted by molar-refractivity contribution is 8.00. The fraction of sp³-hybridized carbons (Fsp3) is 0.500. The number of carbonyl (C=O) groups is 4. The Kier molecular flexibility index (Phi) is 6.81. The number of carbonyl (C=O) groups excluding carboxylic acids is 3. The molecule has 15 heteroatoms. The summed E-state index contributed by atoms with van der Waals surface area (Å²) in [7, 11) is 0. The summed E-state index contributed by atoms with van der Waals surface area (Å²) in [6, 6.07) is -0.986. The molecule has 0 spiro atoms. The smallest absolute Gasteiger partial charge is 0.358 e. The molecule has 6 N–H and O–H groups in total. The van der Waals surface area contributed by atoms with Crippen molar-refractivity contribution < 1.29 is 33.6 Å². The van der Waals surface area contributed by atoms with Gasteiger partial charge in [0, 0.05) is 24.6 Å². The summed E-state index contributed by atoms with van der Waals surface area (Å²) in [5.41, 5.74) is 11.4. The highest BCUT2D eigenvalue weighted by atomic mass is 32.2. The number of hydrogen-bond donors (Lipinski definition) is 4. The maximum atomic E-state index is 13.3. The summed E-state index contributed by atoms with van der Waals surface area (Å²) >= 11 is 2.52. The lowest BCUT2D eigenvalue weighted by Gasteiger charge is -2.58. The van der Waals surface area contributed by atoms with Crippen molar-refractivity contribution in [2.75, 3.05) is 32.0 Å². The number of thioether (sulfide) groups is 1. The van der Waals surface area contributed by atoms with Crippen LogP contribution < -0.4 is 16.8 Å². The predicted molar refractivity (Wildman–Crippen MR) is 142 cm³/mol. The normalized spacial score (nSPS) is 31.7. The Morgan fingerprint density at radius 1 is 1.36 bits per heavy atom. The third-order valence-electron chi connectivity index (χ3n) is 8.12. The van der Waals surface area contributed by atoms with Gasteiger partial charge in [0.2, 0.25) is 5.91 Å². The number of thiazole rings is 1. The second kappa shape index (κ2) is 9.85. The first-order valence-corrected chi connectivity index (χ1v) is 14.1. The molecular formula is C24H28N7O6S2+. The zero-order chi connectivity index (χ0) is 28.1. The van der Waals surface area contributed by atoms with E-state index < -0.39 is 34.6 Å². The number of β-lactam (4-membered cyclic amide) rings is 1. The van der Waals surface area contributed by atoms with Gasteiger partial charge >= 0.3 is 5.97 Å². The van der Waals surface area contributed by atoms with Gasteiger partial charge in [0.1, 0.15) is 17.1 Å². The van der Waals surface area contributed by atoms with Gasteiger partial charge in [-0.2, -0.15) is 0 Å². The van der Waals surface area contributed by atoms with Crippen LogP contribution in [0.5, 0.6) is 0 Å². The molecule has 13 nitrogen and oxygen atoms in total. The van der Waals surface area contributed by atoms with E-state index in [4.69, 9.17) is 22.7 Å². The molecular weight excluding hydrogens is 546 g/mol. The fourth-order valence-electron chi connectivity index (χ4n) is 6.06. The first kappa shape index (κ1) is 27.0. The number of aromatic nitrogens is 1. The second-order valence-electron chi connectivity index (χ2n) is 10.1. The lowest BCUT2D eigenvalue weighted by atomic mass is 9.69. The number of aliphatic carboxylic acids is 1. The summed E-state index contributed by atoms with van der Waals surface area (Å²) in [5, 5.41) is 17.6. The van der Waals surface area contributed by atoms with Crippen molar-refractivity contribution >= 4 is 57.6 Å². The van der Waals surface area contributed by atoms with Crippen LogP contribution in [-0.4, -0.2) is 91.8 Å². The SMILES string of the molecule is C#CCO/N=C(\C(=O)N[C@@H]1C(=O)N2C(C(=O)O)=C([N+]34CCC(C(N)=O)(CC3)CC4)C(C)S[C@H]12)c1csc(N)n1. The highest BCUT2D eigenvalue weighted by Crippen LogP contribution is 2.52. The van der Waals surface area contributed by atoms with E-state index >= 15 is 0 Å². The van der Waals surface area contributed by atoms with Gasteiger partial charge in [-0.1, -0.05) is 11.1 Å². The summed E-state index contributed by atoms with van der Waals surface area (Å²) in [6.07, 6.45) is 6.93. The van der Waals surface area contributed by atoms with Crippen molar-refractivity contribution in [3.8, 4) is 12.3 Å². The van der Waals surface area contributed by atoms with E-state index in [-0.39, 0.29) is 40.0 Å². The topological polar surface area (TPSA) is 190 Å². The molecule has 206 valence electrons. The largest absolute Gasteiger partial charge is 0.476 e. The van der Waals surface area contributed by atoms with Crippen molar-refractivity contribution in [1.82, 2.24) is 15.2 Å². The van der Waals surface area contributed by atoms with Crippen LogP contribution in [0, 0.1) is 17.8 Å². The number of fused-ring (bicyclic) bond motifs is 4. The first-order chi connectivity index (χ1) is 18.5. The molecule has 3 atom stereocenters. The number of nitrogens with zero attached hydrogens (tertiary/aromatic N) is 4. The van der Waals surface area contributed by atoms with E-state index in [0.29, 0.717) is 49.1 Å². The molecule has 0 aromatic carbocycles. The Labute approximate surface area is 232 Å². The van der Waals surface area contributed by atoms with Crippen molar-refractivity contribution in [3.05, 3.63) is 22.5 Å². The molecule has 3 amide bonds. The Bertz CT molecular complexity index is 1340. The van der Waals surface area contributed by atoms with Crippen LogP contribution in [0.4, 0.5) is 5.13 Å². The number of anilines is 1. The third kappa shape index (κ3) is 4.32. The van der Waals surface area contributed by atoms with Crippen LogP contribution in [0.3, 0.4) is 0 Å². The van der Waals surface area contributed by atoms with Gasteiger partial charge in [0.25, 0.3) is 11.8 Å². The number of amides is 3. The number of nitrogens with two attached hydrogens (primary N) is 2. The van der Waals surface area contributed by atoms with E-state index in [1.807, 2.05) is 6.92 Å². The molecule has 4 saturated heterocycles. The van der Waals surface area contributed by atoms with Crippen LogP contribution in [0.25, 0.3) is 0 Å². The van der Waals surface area contributed by atoms with E-state index in [1.54, 1.807) is 0 Å². The third-order valence-corrected chi connectivity index (χ3v) is 10.2. The average Bonchev–Trinajstić information content (AvgIpc) is 3.35. The van der Waals surface area contributed by atoms with E-state index in [0.717, 1.165) is 11.3 Å². The molecule has 0 radical (unpaired) electrons. The molecule has 0 saturated carbocycles. The van der Waals surface area contributed by atoms with Crippen LogP contribution in [-0.2, 0) is 24.0 Å². The zero-order valence-corrected chi connectivity index (χ0v) is 22.7. The van der Waals surface area contributed by atoms with Crippen molar-refractivity contribution in [2.24, 2.45) is 16.3 Å². The second-order valence-corrected chi connectivity index (χ2v) is 12.4. The first-order valence-electron chi connectivity index (χ1n) is 12.3. The van der Waals surface area contributed by atoms with Gasteiger partial charge in [-0.3, -0.25) is 23.8 Å². The summed E-state index contributed by atoms with van der Waals surface area (Å²) in [5.74, 6) is -0.529. The average molecular weight is 575 g/mol. The Morgan fingerprint density at radius 3 is 2.56 bits per heavy atom. The minimum Gasteiger partial charge on any atom is -0.476 e. The van der Waals surface area contributed by atoms with Gasteiger partial charge in [-0.15, -0.1) is 29.5 Å². The van der Waals surface area contributed by atoms with Crippen LogP contribution >= 0.6 is 23.1 Å². The van der Waals surface area contributed by atoms with E-state index in [2.05, 4.69) is 21.4 Å². The molecule has 1 aromatic heterocycles. The molecule has 6 heterocycles. The summed E-state index contributed by atoms with van der Waals surface area (Å²) < 4.78 is 0.424. The number of hydrogen-bond acceptors (Lipinski definition) is 10. The molecule has 5 aliphatic rings. The van der Waals surface area contributed by atoms with Crippen molar-refractivity contribution in [1.29, 1.82) is 0 Å². The monoisotopic (exact) mass is 574 g/mol.